The summed E-state index contributed by atoms with van der Waals surface area (Å²) in [4.78, 5) is 15.2. The van der Waals surface area contributed by atoms with Crippen molar-refractivity contribution in [1.82, 2.24) is 20.5 Å². The first-order valence-electron chi connectivity index (χ1n) is 5.61. The number of hydrogen-bond acceptors (Lipinski definition) is 4. The number of ether oxygens (including phenoxy) is 1. The van der Waals surface area contributed by atoms with Gasteiger partial charge in [-0.3, -0.25) is 9.89 Å². The van der Waals surface area contributed by atoms with E-state index >= 15 is 0 Å². The quantitative estimate of drug-likeness (QED) is 0.713. The van der Waals surface area contributed by atoms with E-state index in [0.717, 1.165) is 12.8 Å². The molecule has 1 aliphatic rings. The van der Waals surface area contributed by atoms with Crippen molar-refractivity contribution in [3.05, 3.63) is 12.2 Å². The van der Waals surface area contributed by atoms with Crippen molar-refractivity contribution in [2.45, 2.75) is 31.8 Å². The molecule has 1 heterocycles. The van der Waals surface area contributed by atoms with Crippen LogP contribution in [0.2, 0.25) is 0 Å². The molecule has 2 N–H and O–H groups in total. The van der Waals surface area contributed by atoms with Gasteiger partial charge in [0.05, 0.1) is 12.7 Å². The minimum atomic E-state index is -0.243. The molecular formula is C10H16N4O2. The summed E-state index contributed by atoms with van der Waals surface area (Å²) in [6, 6.07) is 0. The summed E-state index contributed by atoms with van der Waals surface area (Å²) in [5.41, 5.74) is 0. The molecule has 1 saturated carbocycles. The van der Waals surface area contributed by atoms with Crippen LogP contribution in [0.25, 0.3) is 0 Å². The number of amides is 1. The van der Waals surface area contributed by atoms with E-state index in [1.165, 1.54) is 19.2 Å². The largest absolute Gasteiger partial charge is 0.376 e. The van der Waals surface area contributed by atoms with Crippen LogP contribution in [0.15, 0.2) is 6.33 Å². The van der Waals surface area contributed by atoms with Gasteiger partial charge >= 0.3 is 0 Å². The fourth-order valence-corrected chi connectivity index (χ4v) is 1.84. The van der Waals surface area contributed by atoms with Crippen molar-refractivity contribution in [2.75, 3.05) is 13.2 Å². The Hall–Kier alpha value is -1.43. The van der Waals surface area contributed by atoms with Gasteiger partial charge in [0.15, 0.2) is 0 Å². The van der Waals surface area contributed by atoms with Crippen molar-refractivity contribution in [3.63, 3.8) is 0 Å². The highest BCUT2D eigenvalue weighted by Gasteiger charge is 2.15. The van der Waals surface area contributed by atoms with Crippen molar-refractivity contribution < 1.29 is 9.53 Å². The lowest BCUT2D eigenvalue weighted by Gasteiger charge is -2.10. The van der Waals surface area contributed by atoms with Gasteiger partial charge < -0.3 is 10.1 Å². The number of aromatic amines is 1. The number of carbonyl (C=O) groups excluding carboxylic acids is 1. The van der Waals surface area contributed by atoms with Gasteiger partial charge in [0, 0.05) is 6.54 Å². The summed E-state index contributed by atoms with van der Waals surface area (Å²) in [5.74, 6) is -0.00612. The van der Waals surface area contributed by atoms with E-state index in [-0.39, 0.29) is 11.7 Å². The van der Waals surface area contributed by atoms with Crippen LogP contribution < -0.4 is 5.32 Å². The predicted molar refractivity (Wildman–Crippen MR) is 56.9 cm³/mol. The molecule has 16 heavy (non-hydrogen) atoms. The normalized spacial score (nSPS) is 16.5. The maximum Gasteiger partial charge on any atom is 0.288 e. The first kappa shape index (κ1) is 11.1. The Morgan fingerprint density at radius 1 is 1.56 bits per heavy atom. The van der Waals surface area contributed by atoms with Crippen LogP contribution in [-0.4, -0.2) is 40.3 Å². The third kappa shape index (κ3) is 3.03. The van der Waals surface area contributed by atoms with Crippen molar-refractivity contribution in [2.24, 2.45) is 0 Å². The minimum Gasteiger partial charge on any atom is -0.376 e. The summed E-state index contributed by atoms with van der Waals surface area (Å²) in [7, 11) is 0. The fraction of sp³-hybridized carbons (Fsp3) is 0.700. The van der Waals surface area contributed by atoms with E-state index in [4.69, 9.17) is 4.74 Å². The second-order valence-electron chi connectivity index (χ2n) is 3.87. The van der Waals surface area contributed by atoms with E-state index in [9.17, 15) is 4.79 Å². The molecule has 0 spiro atoms. The summed E-state index contributed by atoms with van der Waals surface area (Å²) >= 11 is 0. The van der Waals surface area contributed by atoms with Crippen LogP contribution in [0.3, 0.4) is 0 Å². The first-order chi connectivity index (χ1) is 7.86. The topological polar surface area (TPSA) is 79.9 Å². The molecule has 0 radical (unpaired) electrons. The van der Waals surface area contributed by atoms with Crippen LogP contribution in [0.1, 0.15) is 36.3 Å². The fourth-order valence-electron chi connectivity index (χ4n) is 1.84. The third-order valence-electron chi connectivity index (χ3n) is 2.67. The molecule has 88 valence electrons. The highest BCUT2D eigenvalue weighted by Crippen LogP contribution is 2.20. The molecule has 0 bridgehead atoms. The predicted octanol–water partition coefficient (Wildman–Crippen LogP) is 0.494. The van der Waals surface area contributed by atoms with Crippen LogP contribution >= 0.6 is 0 Å². The molecular weight excluding hydrogens is 208 g/mol. The van der Waals surface area contributed by atoms with E-state index in [2.05, 4.69) is 20.5 Å². The molecule has 1 aromatic rings. The van der Waals surface area contributed by atoms with Gasteiger partial charge in [-0.15, -0.1) is 0 Å². The van der Waals surface area contributed by atoms with Crippen molar-refractivity contribution in [1.29, 1.82) is 0 Å². The molecule has 1 aromatic heterocycles. The second-order valence-corrected chi connectivity index (χ2v) is 3.87. The lowest BCUT2D eigenvalue weighted by Crippen LogP contribution is -2.29. The Bertz CT molecular complexity index is 320. The first-order valence-corrected chi connectivity index (χ1v) is 5.61. The molecule has 0 unspecified atom stereocenters. The standard InChI is InChI=1S/C10H16N4O2/c15-10(9-12-7-13-14-9)11-5-6-16-8-3-1-2-4-8/h7-8H,1-6H2,(H,11,15)(H,12,13,14). The zero-order valence-electron chi connectivity index (χ0n) is 9.11. The number of carbonyl (C=O) groups is 1. The monoisotopic (exact) mass is 224 g/mol. The Labute approximate surface area is 93.8 Å². The molecule has 6 nitrogen and oxygen atoms in total. The van der Waals surface area contributed by atoms with Crippen molar-refractivity contribution in [3.8, 4) is 0 Å². The molecule has 0 aliphatic heterocycles. The third-order valence-corrected chi connectivity index (χ3v) is 2.67. The number of aromatic nitrogens is 3. The highest BCUT2D eigenvalue weighted by atomic mass is 16.5. The second kappa shape index (κ2) is 5.60. The van der Waals surface area contributed by atoms with Crippen molar-refractivity contribution >= 4 is 5.91 Å². The maximum absolute atomic E-state index is 11.4. The molecule has 0 aromatic carbocycles. The Kier molecular flexibility index (Phi) is 3.87. The lowest BCUT2D eigenvalue weighted by molar-refractivity contribution is 0.0580. The molecule has 1 aliphatic carbocycles. The Balaban J connectivity index is 1.59. The Morgan fingerprint density at radius 3 is 3.06 bits per heavy atom. The number of rotatable bonds is 5. The summed E-state index contributed by atoms with van der Waals surface area (Å²) < 4.78 is 5.61. The summed E-state index contributed by atoms with van der Waals surface area (Å²) in [6.45, 7) is 1.07. The molecule has 2 rings (SSSR count). The zero-order chi connectivity index (χ0) is 11.2. The van der Waals surface area contributed by atoms with Crippen LogP contribution in [-0.2, 0) is 4.74 Å². The zero-order valence-corrected chi connectivity index (χ0v) is 9.11. The van der Waals surface area contributed by atoms with Gasteiger partial charge in [-0.25, -0.2) is 4.98 Å². The SMILES string of the molecule is O=C(NCCOC1CCCC1)c1ncn[nH]1. The maximum atomic E-state index is 11.4. The number of nitrogens with one attached hydrogen (secondary N) is 2. The number of H-pyrrole nitrogens is 1. The average molecular weight is 224 g/mol. The molecule has 6 heteroatoms. The van der Waals surface area contributed by atoms with Gasteiger partial charge in [0.1, 0.15) is 6.33 Å². The number of hydrogen-bond donors (Lipinski definition) is 2. The van der Waals surface area contributed by atoms with Gasteiger partial charge in [-0.1, -0.05) is 12.8 Å². The van der Waals surface area contributed by atoms with Crippen LogP contribution in [0.5, 0.6) is 0 Å². The Morgan fingerprint density at radius 2 is 2.38 bits per heavy atom. The van der Waals surface area contributed by atoms with E-state index < -0.39 is 0 Å². The molecule has 1 fully saturated rings. The van der Waals surface area contributed by atoms with Gasteiger partial charge in [-0.2, -0.15) is 5.10 Å². The number of nitrogens with zero attached hydrogens (tertiary/aromatic N) is 2. The summed E-state index contributed by atoms with van der Waals surface area (Å²) in [6.07, 6.45) is 6.52. The molecule has 0 atom stereocenters. The van der Waals surface area contributed by atoms with E-state index in [1.807, 2.05) is 0 Å². The van der Waals surface area contributed by atoms with E-state index in [0.29, 0.717) is 19.3 Å². The smallest absolute Gasteiger partial charge is 0.288 e. The van der Waals surface area contributed by atoms with Gasteiger partial charge in [-0.05, 0) is 12.8 Å². The highest BCUT2D eigenvalue weighted by molar-refractivity contribution is 5.90. The lowest BCUT2D eigenvalue weighted by atomic mass is 10.3. The van der Waals surface area contributed by atoms with E-state index in [1.54, 1.807) is 0 Å². The molecule has 0 saturated heterocycles. The summed E-state index contributed by atoms with van der Waals surface area (Å²) in [5, 5.41) is 8.82. The van der Waals surface area contributed by atoms with Crippen LogP contribution in [0.4, 0.5) is 0 Å². The van der Waals surface area contributed by atoms with Gasteiger partial charge in [0.25, 0.3) is 5.91 Å². The van der Waals surface area contributed by atoms with Gasteiger partial charge in [0.2, 0.25) is 5.82 Å². The molecule has 1 amide bonds. The van der Waals surface area contributed by atoms with Crippen LogP contribution in [0, 0.1) is 0 Å². The average Bonchev–Trinajstić information content (AvgIpc) is 2.96. The minimum absolute atomic E-state index is 0.237.